The first-order chi connectivity index (χ1) is 13.0. The summed E-state index contributed by atoms with van der Waals surface area (Å²) in [6.45, 7) is 3.60. The van der Waals surface area contributed by atoms with E-state index in [4.69, 9.17) is 20.4 Å². The summed E-state index contributed by atoms with van der Waals surface area (Å²) in [5.41, 5.74) is -0.667. The molecule has 0 unspecified atom stereocenters. The van der Waals surface area contributed by atoms with Gasteiger partial charge in [-0.15, -0.1) is 0 Å². The van der Waals surface area contributed by atoms with Crippen LogP contribution in [0.4, 0.5) is 0 Å². The fraction of sp³-hybridized carbons (Fsp3) is 0.864. The average molecular weight is 389 g/mol. The summed E-state index contributed by atoms with van der Waals surface area (Å²) in [5, 5.41) is 34.5. The van der Waals surface area contributed by atoms with Gasteiger partial charge in [0.15, 0.2) is 0 Å². The van der Waals surface area contributed by atoms with Gasteiger partial charge < -0.3 is 20.4 Å². The van der Waals surface area contributed by atoms with Crippen molar-refractivity contribution in [2.24, 2.45) is 5.41 Å². The lowest BCUT2D eigenvalue weighted by Gasteiger charge is -2.24. The number of aliphatic carboxylic acids is 1. The predicted octanol–water partition coefficient (Wildman–Crippen LogP) is 4.69. The van der Waals surface area contributed by atoms with E-state index in [2.05, 4.69) is 19.1 Å². The molecule has 0 aliphatic rings. The molecular formula is C22H44O5. The molecule has 0 aliphatic carbocycles. The molecule has 27 heavy (non-hydrogen) atoms. The highest BCUT2D eigenvalue weighted by molar-refractivity contribution is 5.66. The van der Waals surface area contributed by atoms with Gasteiger partial charge in [-0.2, -0.15) is 0 Å². The van der Waals surface area contributed by atoms with Gasteiger partial charge in [0, 0.05) is 11.8 Å². The average Bonchev–Trinajstić information content (AvgIpc) is 2.68. The number of aliphatic hydroxyl groups is 3. The Kier molecular flexibility index (Phi) is 22.4. The van der Waals surface area contributed by atoms with E-state index in [-0.39, 0.29) is 19.8 Å². The van der Waals surface area contributed by atoms with Gasteiger partial charge >= 0.3 is 5.97 Å². The number of hydrogen-bond donors (Lipinski definition) is 4. The summed E-state index contributed by atoms with van der Waals surface area (Å²) in [7, 11) is 0. The Labute approximate surface area is 166 Å². The minimum Gasteiger partial charge on any atom is -0.481 e. The standard InChI is InChI=1S/C16H30O2.C6H14O3/c1-2-3-4-5-6-7-8-9-10-11-12-13-14-15-16(17)18;1-2-6(3-7,4-8)5-9/h7-8H,2-6,9-15H2,1H3,(H,17,18);7-9H,2-5H2,1H3/b8-7-;. The third-order valence-electron chi connectivity index (χ3n) is 4.91. The van der Waals surface area contributed by atoms with Gasteiger partial charge in [0.25, 0.3) is 0 Å². The molecule has 0 atom stereocenters. The van der Waals surface area contributed by atoms with Crippen LogP contribution in [0.1, 0.15) is 97.3 Å². The van der Waals surface area contributed by atoms with E-state index in [1.54, 1.807) is 0 Å². The monoisotopic (exact) mass is 388 g/mol. The van der Waals surface area contributed by atoms with E-state index in [9.17, 15) is 4.79 Å². The lowest BCUT2D eigenvalue weighted by atomic mass is 9.88. The van der Waals surface area contributed by atoms with Crippen LogP contribution in [0, 0.1) is 5.41 Å². The zero-order valence-electron chi connectivity index (χ0n) is 17.7. The third kappa shape index (κ3) is 19.7. The van der Waals surface area contributed by atoms with Crippen molar-refractivity contribution in [3.8, 4) is 0 Å². The first-order valence-corrected chi connectivity index (χ1v) is 10.7. The van der Waals surface area contributed by atoms with Gasteiger partial charge in [-0.25, -0.2) is 0 Å². The van der Waals surface area contributed by atoms with Crippen LogP contribution in [0.5, 0.6) is 0 Å². The summed E-state index contributed by atoms with van der Waals surface area (Å²) >= 11 is 0. The number of aliphatic hydroxyl groups excluding tert-OH is 3. The molecule has 0 aromatic heterocycles. The smallest absolute Gasteiger partial charge is 0.303 e. The van der Waals surface area contributed by atoms with Gasteiger partial charge in [-0.05, 0) is 38.5 Å². The first-order valence-electron chi connectivity index (χ1n) is 10.7. The van der Waals surface area contributed by atoms with Crippen molar-refractivity contribution in [1.82, 2.24) is 0 Å². The van der Waals surface area contributed by atoms with Gasteiger partial charge in [0.1, 0.15) is 0 Å². The minimum atomic E-state index is -0.667. The van der Waals surface area contributed by atoms with Crippen LogP contribution in [0.15, 0.2) is 12.2 Å². The van der Waals surface area contributed by atoms with Crippen LogP contribution < -0.4 is 0 Å². The highest BCUT2D eigenvalue weighted by atomic mass is 16.4. The summed E-state index contributed by atoms with van der Waals surface area (Å²) in [6.07, 6.45) is 18.9. The van der Waals surface area contributed by atoms with Crippen molar-refractivity contribution < 1.29 is 25.2 Å². The molecule has 0 aromatic carbocycles. The van der Waals surface area contributed by atoms with E-state index in [1.165, 1.54) is 57.8 Å². The lowest BCUT2D eigenvalue weighted by molar-refractivity contribution is -0.137. The van der Waals surface area contributed by atoms with Crippen LogP contribution in [0.3, 0.4) is 0 Å². The number of unbranched alkanes of at least 4 members (excludes halogenated alkanes) is 9. The summed E-state index contributed by atoms with van der Waals surface area (Å²) in [6, 6.07) is 0. The van der Waals surface area contributed by atoms with E-state index < -0.39 is 11.4 Å². The number of carboxylic acids is 1. The van der Waals surface area contributed by atoms with Crippen molar-refractivity contribution in [2.75, 3.05) is 19.8 Å². The molecule has 0 saturated heterocycles. The van der Waals surface area contributed by atoms with Crippen molar-refractivity contribution >= 4 is 5.97 Å². The molecule has 0 bridgehead atoms. The fourth-order valence-electron chi connectivity index (χ4n) is 2.48. The van der Waals surface area contributed by atoms with E-state index in [1.807, 2.05) is 6.92 Å². The molecule has 0 heterocycles. The number of allylic oxidation sites excluding steroid dienone is 2. The van der Waals surface area contributed by atoms with Crippen LogP contribution in [0.2, 0.25) is 0 Å². The first kappa shape index (κ1) is 28.3. The van der Waals surface area contributed by atoms with Crippen molar-refractivity contribution in [3.05, 3.63) is 12.2 Å². The van der Waals surface area contributed by atoms with Crippen molar-refractivity contribution in [1.29, 1.82) is 0 Å². The maximum atomic E-state index is 10.3. The highest BCUT2D eigenvalue weighted by Crippen LogP contribution is 2.18. The molecule has 0 aliphatic heterocycles. The molecule has 5 nitrogen and oxygen atoms in total. The topological polar surface area (TPSA) is 98.0 Å². The Morgan fingerprint density at radius 3 is 1.56 bits per heavy atom. The molecule has 0 spiro atoms. The molecular weight excluding hydrogens is 344 g/mol. The Hall–Kier alpha value is -0.910. The van der Waals surface area contributed by atoms with Crippen molar-refractivity contribution in [2.45, 2.75) is 97.3 Å². The third-order valence-corrected chi connectivity index (χ3v) is 4.91. The molecule has 0 radical (unpaired) electrons. The van der Waals surface area contributed by atoms with E-state index in [0.29, 0.717) is 12.8 Å². The molecule has 0 rings (SSSR count). The van der Waals surface area contributed by atoms with Gasteiger partial charge in [-0.3, -0.25) is 4.79 Å². The summed E-state index contributed by atoms with van der Waals surface area (Å²) < 4.78 is 0. The molecule has 0 aromatic rings. The van der Waals surface area contributed by atoms with Gasteiger partial charge in [-0.1, -0.05) is 64.5 Å². The van der Waals surface area contributed by atoms with Crippen molar-refractivity contribution in [3.63, 3.8) is 0 Å². The number of rotatable bonds is 17. The molecule has 162 valence electrons. The lowest BCUT2D eigenvalue weighted by Crippen LogP contribution is -2.32. The Morgan fingerprint density at radius 2 is 1.19 bits per heavy atom. The minimum absolute atomic E-state index is 0.156. The Bertz CT molecular complexity index is 320. The second kappa shape index (κ2) is 21.4. The van der Waals surface area contributed by atoms with Crippen LogP contribution in [0.25, 0.3) is 0 Å². The highest BCUT2D eigenvalue weighted by Gasteiger charge is 2.24. The maximum Gasteiger partial charge on any atom is 0.303 e. The van der Waals surface area contributed by atoms with Gasteiger partial charge in [0.05, 0.1) is 19.8 Å². The summed E-state index contributed by atoms with van der Waals surface area (Å²) in [5.74, 6) is -0.666. The van der Waals surface area contributed by atoms with Crippen LogP contribution in [-0.4, -0.2) is 46.2 Å². The van der Waals surface area contributed by atoms with E-state index in [0.717, 1.165) is 12.8 Å². The van der Waals surface area contributed by atoms with Crippen LogP contribution >= 0.6 is 0 Å². The zero-order chi connectivity index (χ0) is 20.8. The Morgan fingerprint density at radius 1 is 0.741 bits per heavy atom. The van der Waals surface area contributed by atoms with Gasteiger partial charge in [0.2, 0.25) is 0 Å². The summed E-state index contributed by atoms with van der Waals surface area (Å²) in [4.78, 5) is 10.3. The number of hydrogen-bond acceptors (Lipinski definition) is 4. The molecule has 4 N–H and O–H groups in total. The number of carbonyl (C=O) groups is 1. The maximum absolute atomic E-state index is 10.3. The molecule has 0 saturated carbocycles. The number of carboxylic acid groups (broad SMARTS) is 1. The molecule has 0 amide bonds. The molecule has 5 heteroatoms. The Balaban J connectivity index is 0. The fourth-order valence-corrected chi connectivity index (χ4v) is 2.48. The van der Waals surface area contributed by atoms with Crippen LogP contribution in [-0.2, 0) is 4.79 Å². The predicted molar refractivity (Wildman–Crippen MR) is 112 cm³/mol. The second-order valence-electron chi connectivity index (χ2n) is 7.35. The zero-order valence-corrected chi connectivity index (χ0v) is 17.7. The largest absolute Gasteiger partial charge is 0.481 e. The molecule has 0 fully saturated rings. The second-order valence-corrected chi connectivity index (χ2v) is 7.35. The van der Waals surface area contributed by atoms with E-state index >= 15 is 0 Å². The quantitative estimate of drug-likeness (QED) is 0.214. The normalized spacial score (nSPS) is 11.4. The SMILES string of the molecule is CCC(CO)(CO)CO.CCCCCC/C=C\CCCCCCCC(=O)O.